The molecule has 0 aliphatic heterocycles. The van der Waals surface area contributed by atoms with Gasteiger partial charge in [-0.1, -0.05) is 0 Å². The van der Waals surface area contributed by atoms with Crippen LogP contribution in [0.1, 0.15) is 18.9 Å². The van der Waals surface area contributed by atoms with Crippen LogP contribution in [0.15, 0.2) is 22.9 Å². The molecule has 1 atom stereocenters. The molecule has 1 unspecified atom stereocenters. The highest BCUT2D eigenvalue weighted by atomic mass is 16.4. The van der Waals surface area contributed by atoms with Crippen molar-refractivity contribution in [2.45, 2.75) is 13.0 Å². The van der Waals surface area contributed by atoms with Gasteiger partial charge in [-0.05, 0) is 20.0 Å². The molecule has 0 saturated heterocycles. The molecule has 0 radical (unpaired) electrons. The Balaban J connectivity index is 2.27. The number of nitrogens with zero attached hydrogens (tertiary/aromatic N) is 3. The van der Waals surface area contributed by atoms with Crippen LogP contribution in [0.3, 0.4) is 0 Å². The number of aryl methyl sites for hydroxylation is 1. The third kappa shape index (κ3) is 1.92. The monoisotopic (exact) mass is 206 g/mol. The van der Waals surface area contributed by atoms with E-state index in [2.05, 4.69) is 15.4 Å². The van der Waals surface area contributed by atoms with Gasteiger partial charge in [0, 0.05) is 13.2 Å². The van der Waals surface area contributed by atoms with Gasteiger partial charge >= 0.3 is 0 Å². The molecule has 0 amide bonds. The predicted octanol–water partition coefficient (Wildman–Crippen LogP) is 1.36. The van der Waals surface area contributed by atoms with E-state index in [1.54, 1.807) is 10.9 Å². The van der Waals surface area contributed by atoms with E-state index in [0.29, 0.717) is 11.7 Å². The van der Waals surface area contributed by atoms with Gasteiger partial charge in [-0.3, -0.25) is 4.68 Å². The van der Waals surface area contributed by atoms with E-state index in [9.17, 15) is 0 Å². The molecule has 80 valence electrons. The van der Waals surface area contributed by atoms with Gasteiger partial charge in [0.25, 0.3) is 0 Å². The summed E-state index contributed by atoms with van der Waals surface area (Å²) in [5.74, 6) is 1.38. The van der Waals surface area contributed by atoms with Gasteiger partial charge < -0.3 is 9.73 Å². The average Bonchev–Trinajstić information content (AvgIpc) is 2.84. The molecule has 5 heteroatoms. The molecule has 0 bridgehead atoms. The van der Waals surface area contributed by atoms with Crippen LogP contribution in [0.25, 0.3) is 11.5 Å². The standard InChI is InChI=1S/C10H14N4O/c1-7(11-2)10-12-6-9(15-10)8-4-5-14(3)13-8/h4-7,11H,1-3H3. The molecule has 0 aromatic carbocycles. The van der Waals surface area contributed by atoms with Crippen molar-refractivity contribution in [3.05, 3.63) is 24.4 Å². The van der Waals surface area contributed by atoms with Crippen LogP contribution in [0.2, 0.25) is 0 Å². The second-order valence-corrected chi connectivity index (χ2v) is 3.45. The van der Waals surface area contributed by atoms with E-state index in [4.69, 9.17) is 4.42 Å². The maximum absolute atomic E-state index is 5.59. The zero-order valence-electron chi connectivity index (χ0n) is 9.06. The quantitative estimate of drug-likeness (QED) is 0.823. The maximum atomic E-state index is 5.59. The second-order valence-electron chi connectivity index (χ2n) is 3.45. The van der Waals surface area contributed by atoms with E-state index in [1.807, 2.05) is 33.3 Å². The molecule has 2 heterocycles. The topological polar surface area (TPSA) is 55.9 Å². The maximum Gasteiger partial charge on any atom is 0.211 e. The fourth-order valence-corrected chi connectivity index (χ4v) is 1.28. The van der Waals surface area contributed by atoms with Crippen molar-refractivity contribution in [3.63, 3.8) is 0 Å². The minimum atomic E-state index is 0.113. The predicted molar refractivity (Wildman–Crippen MR) is 56.2 cm³/mol. The number of oxazole rings is 1. The normalized spacial score (nSPS) is 13.0. The van der Waals surface area contributed by atoms with E-state index in [0.717, 1.165) is 5.69 Å². The van der Waals surface area contributed by atoms with E-state index in [-0.39, 0.29) is 6.04 Å². The highest BCUT2D eigenvalue weighted by Gasteiger charge is 2.12. The summed E-state index contributed by atoms with van der Waals surface area (Å²) in [5.41, 5.74) is 0.805. The molecule has 0 aliphatic carbocycles. The summed E-state index contributed by atoms with van der Waals surface area (Å²) in [5, 5.41) is 7.31. The molecule has 2 aromatic rings. The fourth-order valence-electron chi connectivity index (χ4n) is 1.28. The number of hydrogen-bond donors (Lipinski definition) is 1. The van der Waals surface area contributed by atoms with Crippen LogP contribution in [-0.4, -0.2) is 21.8 Å². The molecule has 0 aliphatic rings. The summed E-state index contributed by atoms with van der Waals surface area (Å²) < 4.78 is 7.32. The van der Waals surface area contributed by atoms with Crippen molar-refractivity contribution >= 4 is 0 Å². The van der Waals surface area contributed by atoms with Crippen molar-refractivity contribution in [2.24, 2.45) is 7.05 Å². The van der Waals surface area contributed by atoms with Gasteiger partial charge in [0.1, 0.15) is 5.69 Å². The van der Waals surface area contributed by atoms with E-state index < -0.39 is 0 Å². The van der Waals surface area contributed by atoms with Gasteiger partial charge in [-0.25, -0.2) is 4.98 Å². The Hall–Kier alpha value is -1.62. The molecule has 2 rings (SSSR count). The molecular formula is C10H14N4O. The van der Waals surface area contributed by atoms with Crippen molar-refractivity contribution in [1.29, 1.82) is 0 Å². The van der Waals surface area contributed by atoms with Gasteiger partial charge in [-0.15, -0.1) is 0 Å². The summed E-state index contributed by atoms with van der Waals surface area (Å²) in [6.45, 7) is 1.99. The number of hydrogen-bond acceptors (Lipinski definition) is 4. The van der Waals surface area contributed by atoms with Crippen LogP contribution < -0.4 is 5.32 Å². The minimum Gasteiger partial charge on any atom is -0.437 e. The summed E-state index contributed by atoms with van der Waals surface area (Å²) >= 11 is 0. The molecule has 0 spiro atoms. The number of rotatable bonds is 3. The van der Waals surface area contributed by atoms with Crippen LogP contribution in [-0.2, 0) is 7.05 Å². The lowest BCUT2D eigenvalue weighted by atomic mass is 10.3. The molecule has 1 N–H and O–H groups in total. The first-order valence-electron chi connectivity index (χ1n) is 4.83. The van der Waals surface area contributed by atoms with Gasteiger partial charge in [-0.2, -0.15) is 5.10 Å². The van der Waals surface area contributed by atoms with Gasteiger partial charge in [0.05, 0.1) is 12.2 Å². The summed E-state index contributed by atoms with van der Waals surface area (Å²) in [7, 11) is 3.74. The SMILES string of the molecule is CNC(C)c1ncc(-c2ccn(C)n2)o1. The number of nitrogens with one attached hydrogen (secondary N) is 1. The van der Waals surface area contributed by atoms with Crippen molar-refractivity contribution < 1.29 is 4.42 Å². The van der Waals surface area contributed by atoms with Crippen LogP contribution >= 0.6 is 0 Å². The van der Waals surface area contributed by atoms with Crippen LogP contribution in [0.4, 0.5) is 0 Å². The Morgan fingerprint density at radius 2 is 2.33 bits per heavy atom. The lowest BCUT2D eigenvalue weighted by Gasteiger charge is -2.03. The zero-order chi connectivity index (χ0) is 10.8. The van der Waals surface area contributed by atoms with Crippen LogP contribution in [0.5, 0.6) is 0 Å². The van der Waals surface area contributed by atoms with Gasteiger partial charge in [0.15, 0.2) is 5.76 Å². The fraction of sp³-hybridized carbons (Fsp3) is 0.400. The average molecular weight is 206 g/mol. The van der Waals surface area contributed by atoms with Gasteiger partial charge in [0.2, 0.25) is 5.89 Å². The molecular weight excluding hydrogens is 192 g/mol. The second kappa shape index (κ2) is 3.86. The van der Waals surface area contributed by atoms with Crippen LogP contribution in [0, 0.1) is 0 Å². The largest absolute Gasteiger partial charge is 0.437 e. The van der Waals surface area contributed by atoms with Crippen molar-refractivity contribution in [2.75, 3.05) is 7.05 Å². The summed E-state index contributed by atoms with van der Waals surface area (Å²) in [4.78, 5) is 4.19. The number of aromatic nitrogens is 3. The highest BCUT2D eigenvalue weighted by Crippen LogP contribution is 2.20. The molecule has 5 nitrogen and oxygen atoms in total. The first kappa shape index (κ1) is 9.92. The Morgan fingerprint density at radius 3 is 2.93 bits per heavy atom. The third-order valence-electron chi connectivity index (χ3n) is 2.29. The third-order valence-corrected chi connectivity index (χ3v) is 2.29. The molecule has 0 saturated carbocycles. The first-order valence-corrected chi connectivity index (χ1v) is 4.83. The lowest BCUT2D eigenvalue weighted by molar-refractivity contribution is 0.440. The smallest absolute Gasteiger partial charge is 0.211 e. The van der Waals surface area contributed by atoms with Crippen molar-refractivity contribution in [1.82, 2.24) is 20.1 Å². The zero-order valence-corrected chi connectivity index (χ0v) is 9.06. The highest BCUT2D eigenvalue weighted by molar-refractivity contribution is 5.49. The first-order chi connectivity index (χ1) is 7.20. The summed E-state index contributed by atoms with van der Waals surface area (Å²) in [6.07, 6.45) is 3.57. The molecule has 15 heavy (non-hydrogen) atoms. The lowest BCUT2D eigenvalue weighted by Crippen LogP contribution is -2.12. The Bertz CT molecular complexity index is 446. The molecule has 2 aromatic heterocycles. The molecule has 0 fully saturated rings. The minimum absolute atomic E-state index is 0.113. The van der Waals surface area contributed by atoms with Crippen molar-refractivity contribution in [3.8, 4) is 11.5 Å². The Kier molecular flexibility index (Phi) is 2.55. The Morgan fingerprint density at radius 1 is 1.53 bits per heavy atom. The van der Waals surface area contributed by atoms with E-state index in [1.165, 1.54) is 0 Å². The van der Waals surface area contributed by atoms with E-state index >= 15 is 0 Å². The Labute approximate surface area is 88.1 Å². The summed E-state index contributed by atoms with van der Waals surface area (Å²) in [6, 6.07) is 2.01.